The maximum atomic E-state index is 11.3. The van der Waals surface area contributed by atoms with Gasteiger partial charge in [0.25, 0.3) is 0 Å². The average molecular weight is 224 g/mol. The first-order valence-electron chi connectivity index (χ1n) is 6.02. The van der Waals surface area contributed by atoms with E-state index in [-0.39, 0.29) is 11.3 Å². The van der Waals surface area contributed by atoms with Crippen molar-refractivity contribution in [3.05, 3.63) is 0 Å². The average Bonchev–Trinajstić information content (AvgIpc) is 2.90. The van der Waals surface area contributed by atoms with Gasteiger partial charge in [-0.05, 0) is 49.4 Å². The summed E-state index contributed by atoms with van der Waals surface area (Å²) in [5, 5.41) is 18.4. The van der Waals surface area contributed by atoms with Crippen molar-refractivity contribution in [2.75, 3.05) is 0 Å². The van der Waals surface area contributed by atoms with E-state index < -0.39 is 23.8 Å². The fourth-order valence-electron chi connectivity index (χ4n) is 4.40. The van der Waals surface area contributed by atoms with Crippen LogP contribution in [0.15, 0.2) is 0 Å². The molecule has 3 aliphatic carbocycles. The van der Waals surface area contributed by atoms with Crippen LogP contribution >= 0.6 is 0 Å². The molecule has 3 saturated carbocycles. The maximum Gasteiger partial charge on any atom is 0.307 e. The Kier molecular flexibility index (Phi) is 1.89. The SMILES string of the molecule is O=C(O)[C@H]1[C@@H](C(=O)O)C[C@H]2CC[C@@H]1C21CC1. The van der Waals surface area contributed by atoms with Gasteiger partial charge in [0.2, 0.25) is 0 Å². The summed E-state index contributed by atoms with van der Waals surface area (Å²) in [5.41, 5.74) is 0.231. The highest BCUT2D eigenvalue weighted by Crippen LogP contribution is 2.71. The van der Waals surface area contributed by atoms with Gasteiger partial charge in [0, 0.05) is 0 Å². The Hall–Kier alpha value is -1.06. The maximum absolute atomic E-state index is 11.3. The third kappa shape index (κ3) is 1.10. The van der Waals surface area contributed by atoms with Gasteiger partial charge in [-0.1, -0.05) is 0 Å². The molecule has 3 fully saturated rings. The van der Waals surface area contributed by atoms with E-state index in [1.807, 2.05) is 0 Å². The van der Waals surface area contributed by atoms with E-state index in [1.54, 1.807) is 0 Å². The van der Waals surface area contributed by atoms with Crippen molar-refractivity contribution in [2.45, 2.75) is 32.1 Å². The molecular weight excluding hydrogens is 208 g/mol. The summed E-state index contributed by atoms with van der Waals surface area (Å²) in [7, 11) is 0. The summed E-state index contributed by atoms with van der Waals surface area (Å²) in [6.07, 6.45) is 4.79. The Morgan fingerprint density at radius 1 is 1.06 bits per heavy atom. The number of aliphatic carboxylic acids is 2. The number of carboxylic acid groups (broad SMARTS) is 2. The lowest BCUT2D eigenvalue weighted by Gasteiger charge is -2.38. The molecule has 0 aromatic heterocycles. The molecule has 0 aromatic carbocycles. The molecule has 0 heterocycles. The van der Waals surface area contributed by atoms with Gasteiger partial charge in [0.15, 0.2) is 0 Å². The minimum atomic E-state index is -0.917. The van der Waals surface area contributed by atoms with E-state index in [4.69, 9.17) is 5.11 Å². The highest BCUT2D eigenvalue weighted by molar-refractivity contribution is 5.81. The molecule has 88 valence electrons. The number of hydrogen-bond donors (Lipinski definition) is 2. The monoisotopic (exact) mass is 224 g/mol. The zero-order valence-corrected chi connectivity index (χ0v) is 9.06. The quantitative estimate of drug-likeness (QED) is 0.747. The van der Waals surface area contributed by atoms with Crippen LogP contribution in [-0.2, 0) is 9.59 Å². The van der Waals surface area contributed by atoms with Gasteiger partial charge in [0.1, 0.15) is 0 Å². The van der Waals surface area contributed by atoms with Gasteiger partial charge in [-0.25, -0.2) is 0 Å². The van der Waals surface area contributed by atoms with Crippen LogP contribution < -0.4 is 0 Å². The third-order valence-electron chi connectivity index (χ3n) is 5.21. The van der Waals surface area contributed by atoms with Crippen LogP contribution in [0.2, 0.25) is 0 Å². The predicted molar refractivity (Wildman–Crippen MR) is 54.7 cm³/mol. The van der Waals surface area contributed by atoms with Crippen LogP contribution in [0.3, 0.4) is 0 Å². The van der Waals surface area contributed by atoms with Crippen LogP contribution in [0.25, 0.3) is 0 Å². The standard InChI is InChI=1S/C12H16O4/c13-10(14)7-5-6-1-2-8(9(7)11(15)16)12(6)3-4-12/h6-9H,1-5H2,(H,13,14)(H,15,16)/t6-,7+,8+,9+/m1/s1. The summed E-state index contributed by atoms with van der Waals surface area (Å²) >= 11 is 0. The van der Waals surface area contributed by atoms with Gasteiger partial charge in [-0.2, -0.15) is 0 Å². The van der Waals surface area contributed by atoms with Crippen molar-refractivity contribution in [3.63, 3.8) is 0 Å². The molecule has 0 aliphatic heterocycles. The highest BCUT2D eigenvalue weighted by atomic mass is 16.4. The molecule has 4 atom stereocenters. The van der Waals surface area contributed by atoms with Crippen LogP contribution in [0, 0.1) is 29.1 Å². The van der Waals surface area contributed by atoms with E-state index in [1.165, 1.54) is 0 Å². The normalized spacial score (nSPS) is 43.2. The van der Waals surface area contributed by atoms with E-state index in [9.17, 15) is 14.7 Å². The van der Waals surface area contributed by atoms with Crippen molar-refractivity contribution in [3.8, 4) is 0 Å². The predicted octanol–water partition coefficient (Wildman–Crippen LogP) is 1.60. The molecule has 2 N–H and O–H groups in total. The fraction of sp³-hybridized carbons (Fsp3) is 0.833. The van der Waals surface area contributed by atoms with Crippen molar-refractivity contribution >= 4 is 11.9 Å². The second-order valence-corrected chi connectivity index (χ2v) is 5.66. The fourth-order valence-corrected chi connectivity index (χ4v) is 4.40. The Morgan fingerprint density at radius 3 is 2.25 bits per heavy atom. The van der Waals surface area contributed by atoms with Crippen molar-refractivity contribution < 1.29 is 19.8 Å². The van der Waals surface area contributed by atoms with Crippen LogP contribution in [0.4, 0.5) is 0 Å². The zero-order chi connectivity index (χ0) is 11.5. The topological polar surface area (TPSA) is 74.6 Å². The first-order chi connectivity index (χ1) is 7.56. The number of carboxylic acids is 2. The summed E-state index contributed by atoms with van der Waals surface area (Å²) < 4.78 is 0. The van der Waals surface area contributed by atoms with Crippen molar-refractivity contribution in [1.29, 1.82) is 0 Å². The lowest BCUT2D eigenvalue weighted by molar-refractivity contribution is -0.160. The highest BCUT2D eigenvalue weighted by Gasteiger charge is 2.66. The number of hydrogen-bond acceptors (Lipinski definition) is 2. The molecule has 0 amide bonds. The molecular formula is C12H16O4. The Morgan fingerprint density at radius 2 is 1.75 bits per heavy atom. The lowest BCUT2D eigenvalue weighted by Crippen LogP contribution is -2.43. The Balaban J connectivity index is 1.96. The second-order valence-electron chi connectivity index (χ2n) is 5.66. The molecule has 16 heavy (non-hydrogen) atoms. The van der Waals surface area contributed by atoms with Gasteiger partial charge >= 0.3 is 11.9 Å². The number of rotatable bonds is 2. The van der Waals surface area contributed by atoms with Crippen LogP contribution in [-0.4, -0.2) is 22.2 Å². The van der Waals surface area contributed by atoms with Crippen LogP contribution in [0.5, 0.6) is 0 Å². The van der Waals surface area contributed by atoms with Crippen molar-refractivity contribution in [2.24, 2.45) is 29.1 Å². The minimum absolute atomic E-state index is 0.129. The molecule has 0 saturated heterocycles. The lowest BCUT2D eigenvalue weighted by atomic mass is 9.64. The summed E-state index contributed by atoms with van der Waals surface area (Å²) in [6, 6.07) is 0. The summed E-state index contributed by atoms with van der Waals surface area (Å²) in [4.78, 5) is 22.5. The van der Waals surface area contributed by atoms with Gasteiger partial charge in [-0.15, -0.1) is 0 Å². The van der Waals surface area contributed by atoms with E-state index >= 15 is 0 Å². The first kappa shape index (κ1) is 10.1. The summed E-state index contributed by atoms with van der Waals surface area (Å²) in [6.45, 7) is 0. The Labute approximate surface area is 93.6 Å². The molecule has 1 spiro atoms. The molecule has 4 nitrogen and oxygen atoms in total. The molecule has 0 radical (unpaired) electrons. The molecule has 3 rings (SSSR count). The van der Waals surface area contributed by atoms with Gasteiger partial charge < -0.3 is 10.2 Å². The minimum Gasteiger partial charge on any atom is -0.481 e. The van der Waals surface area contributed by atoms with E-state index in [2.05, 4.69) is 0 Å². The van der Waals surface area contributed by atoms with Crippen LogP contribution in [0.1, 0.15) is 32.1 Å². The van der Waals surface area contributed by atoms with E-state index in [0.717, 1.165) is 25.7 Å². The Bertz CT molecular complexity index is 358. The summed E-state index contributed by atoms with van der Waals surface area (Å²) in [5.74, 6) is -2.50. The van der Waals surface area contributed by atoms with E-state index in [0.29, 0.717) is 12.3 Å². The molecule has 0 aromatic rings. The largest absolute Gasteiger partial charge is 0.481 e. The smallest absolute Gasteiger partial charge is 0.307 e. The first-order valence-corrected chi connectivity index (χ1v) is 6.02. The molecule has 2 bridgehead atoms. The molecule has 3 aliphatic rings. The third-order valence-corrected chi connectivity index (χ3v) is 5.21. The van der Waals surface area contributed by atoms with Gasteiger partial charge in [0.05, 0.1) is 11.8 Å². The molecule has 0 unspecified atom stereocenters. The second kappa shape index (κ2) is 2.99. The van der Waals surface area contributed by atoms with Crippen molar-refractivity contribution in [1.82, 2.24) is 0 Å². The van der Waals surface area contributed by atoms with Gasteiger partial charge in [-0.3, -0.25) is 9.59 Å². The molecule has 4 heteroatoms. The zero-order valence-electron chi connectivity index (χ0n) is 9.06. The number of carbonyl (C=O) groups is 2.